The number of carboxylic acid groups (broad SMARTS) is 1. The maximum Gasteiger partial charge on any atom is 0.339 e. The largest absolute Gasteiger partial charge is 0.478 e. The molecule has 0 fully saturated rings. The van der Waals surface area contributed by atoms with Gasteiger partial charge >= 0.3 is 11.9 Å². The van der Waals surface area contributed by atoms with Gasteiger partial charge in [-0.25, -0.2) is 9.59 Å². The molecule has 0 spiro atoms. The third kappa shape index (κ3) is 3.75. The van der Waals surface area contributed by atoms with Gasteiger partial charge in [-0.05, 0) is 39.0 Å². The number of benzene rings is 1. The van der Waals surface area contributed by atoms with Gasteiger partial charge in [-0.3, -0.25) is 0 Å². The van der Waals surface area contributed by atoms with Crippen LogP contribution in [0, 0.1) is 0 Å². The van der Waals surface area contributed by atoms with Gasteiger partial charge in [-0.2, -0.15) is 0 Å². The Kier molecular flexibility index (Phi) is 3.78. The van der Waals surface area contributed by atoms with Crippen LogP contribution in [0.1, 0.15) is 41.5 Å². The van der Waals surface area contributed by atoms with Crippen molar-refractivity contribution in [3.05, 3.63) is 34.3 Å². The van der Waals surface area contributed by atoms with E-state index in [9.17, 15) is 9.59 Å². The van der Waals surface area contributed by atoms with Gasteiger partial charge in [0.2, 0.25) is 0 Å². The predicted octanol–water partition coefficient (Wildman–Crippen LogP) is 2.99. The summed E-state index contributed by atoms with van der Waals surface area (Å²) in [4.78, 5) is 22.7. The number of carboxylic acids is 1. The molecule has 0 saturated heterocycles. The number of rotatable bonds is 2. The topological polar surface area (TPSA) is 63.6 Å². The maximum absolute atomic E-state index is 11.8. The Labute approximate surface area is 104 Å². The Bertz CT molecular complexity index is 460. The average Bonchev–Trinajstić information content (AvgIpc) is 2.14. The quantitative estimate of drug-likeness (QED) is 0.826. The van der Waals surface area contributed by atoms with Crippen LogP contribution in [0.3, 0.4) is 0 Å². The minimum Gasteiger partial charge on any atom is -0.478 e. The summed E-state index contributed by atoms with van der Waals surface area (Å²) in [7, 11) is 0. The highest BCUT2D eigenvalue weighted by atomic mass is 35.5. The van der Waals surface area contributed by atoms with E-state index in [0.29, 0.717) is 0 Å². The Hall–Kier alpha value is -1.55. The molecule has 5 heteroatoms. The van der Waals surface area contributed by atoms with E-state index >= 15 is 0 Å². The lowest BCUT2D eigenvalue weighted by Gasteiger charge is -2.20. The van der Waals surface area contributed by atoms with Gasteiger partial charge in [0.25, 0.3) is 0 Å². The number of halogens is 1. The molecule has 1 N–H and O–H groups in total. The first-order chi connectivity index (χ1) is 7.70. The molecule has 0 aliphatic rings. The smallest absolute Gasteiger partial charge is 0.339 e. The summed E-state index contributed by atoms with van der Waals surface area (Å²) >= 11 is 5.68. The Morgan fingerprint density at radius 3 is 2.29 bits per heavy atom. The molecule has 17 heavy (non-hydrogen) atoms. The maximum atomic E-state index is 11.8. The normalized spacial score (nSPS) is 11.1. The van der Waals surface area contributed by atoms with Crippen LogP contribution in [-0.4, -0.2) is 22.6 Å². The molecular formula is C12H13ClO4. The molecule has 0 amide bonds. The molecule has 0 aromatic heterocycles. The number of aromatic carboxylic acids is 1. The van der Waals surface area contributed by atoms with E-state index in [0.717, 1.165) is 0 Å². The molecule has 0 saturated carbocycles. The van der Waals surface area contributed by atoms with Crippen molar-refractivity contribution in [3.8, 4) is 0 Å². The molecular weight excluding hydrogens is 244 g/mol. The minimum atomic E-state index is -1.21. The van der Waals surface area contributed by atoms with Crippen molar-refractivity contribution in [2.45, 2.75) is 26.4 Å². The first-order valence-electron chi connectivity index (χ1n) is 4.97. The van der Waals surface area contributed by atoms with Gasteiger partial charge in [-0.1, -0.05) is 11.6 Å². The standard InChI is InChI=1S/C12H13ClO4/c1-12(2,3)17-11(16)8-5-4-7(13)6-9(8)10(14)15/h4-6H,1-3H3,(H,14,15). The van der Waals surface area contributed by atoms with Crippen LogP contribution in [0.15, 0.2) is 18.2 Å². The van der Waals surface area contributed by atoms with Gasteiger partial charge in [0.15, 0.2) is 0 Å². The molecule has 0 heterocycles. The second kappa shape index (κ2) is 4.75. The highest BCUT2D eigenvalue weighted by Crippen LogP contribution is 2.19. The molecule has 0 bridgehead atoms. The molecule has 1 rings (SSSR count). The molecule has 92 valence electrons. The molecule has 0 atom stereocenters. The summed E-state index contributed by atoms with van der Waals surface area (Å²) in [5.41, 5.74) is -0.837. The number of esters is 1. The van der Waals surface area contributed by atoms with E-state index in [2.05, 4.69) is 0 Å². The molecule has 4 nitrogen and oxygen atoms in total. The van der Waals surface area contributed by atoms with Gasteiger partial charge in [-0.15, -0.1) is 0 Å². The van der Waals surface area contributed by atoms with Crippen LogP contribution in [0.4, 0.5) is 0 Å². The van der Waals surface area contributed by atoms with Crippen LogP contribution >= 0.6 is 11.6 Å². The van der Waals surface area contributed by atoms with E-state index < -0.39 is 17.5 Å². The van der Waals surface area contributed by atoms with Crippen molar-refractivity contribution < 1.29 is 19.4 Å². The Morgan fingerprint density at radius 1 is 1.24 bits per heavy atom. The molecule has 0 aliphatic heterocycles. The summed E-state index contributed by atoms with van der Waals surface area (Å²) < 4.78 is 5.11. The molecule has 0 radical (unpaired) electrons. The van der Waals surface area contributed by atoms with Crippen molar-refractivity contribution in [2.24, 2.45) is 0 Å². The SMILES string of the molecule is CC(C)(C)OC(=O)c1ccc(Cl)cc1C(=O)O. The summed E-state index contributed by atoms with van der Waals surface area (Å²) in [5, 5.41) is 9.23. The number of carbonyl (C=O) groups excluding carboxylic acids is 1. The van der Waals surface area contributed by atoms with Crippen LogP contribution in [0.5, 0.6) is 0 Å². The summed E-state index contributed by atoms with van der Waals surface area (Å²) in [6.45, 7) is 5.13. The van der Waals surface area contributed by atoms with Crippen molar-refractivity contribution in [2.75, 3.05) is 0 Å². The van der Waals surface area contributed by atoms with E-state index in [1.165, 1.54) is 18.2 Å². The number of hydrogen-bond acceptors (Lipinski definition) is 3. The van der Waals surface area contributed by atoms with Crippen LogP contribution in [0.2, 0.25) is 5.02 Å². The van der Waals surface area contributed by atoms with Gasteiger partial charge < -0.3 is 9.84 Å². The van der Waals surface area contributed by atoms with Crippen LogP contribution in [0.25, 0.3) is 0 Å². The number of carbonyl (C=O) groups is 2. The second-order valence-electron chi connectivity index (χ2n) is 4.50. The first kappa shape index (κ1) is 13.5. The lowest BCUT2D eigenvalue weighted by Crippen LogP contribution is -2.25. The van der Waals surface area contributed by atoms with Crippen molar-refractivity contribution in [1.82, 2.24) is 0 Å². The van der Waals surface area contributed by atoms with Crippen molar-refractivity contribution in [3.63, 3.8) is 0 Å². The highest BCUT2D eigenvalue weighted by Gasteiger charge is 2.22. The third-order valence-corrected chi connectivity index (χ3v) is 2.07. The zero-order valence-electron chi connectivity index (χ0n) is 9.78. The Morgan fingerprint density at radius 2 is 1.82 bits per heavy atom. The average molecular weight is 257 g/mol. The van der Waals surface area contributed by atoms with E-state index in [1.54, 1.807) is 20.8 Å². The minimum absolute atomic E-state index is 0.00294. The lowest BCUT2D eigenvalue weighted by atomic mass is 10.1. The van der Waals surface area contributed by atoms with Crippen molar-refractivity contribution in [1.29, 1.82) is 0 Å². The van der Waals surface area contributed by atoms with E-state index in [4.69, 9.17) is 21.4 Å². The Balaban J connectivity index is 3.14. The summed E-state index contributed by atoms with van der Waals surface area (Å²) in [6.07, 6.45) is 0. The van der Waals surface area contributed by atoms with Crippen LogP contribution in [-0.2, 0) is 4.74 Å². The number of ether oxygens (including phenoxy) is 1. The lowest BCUT2D eigenvalue weighted by molar-refractivity contribution is 0.00659. The molecule has 1 aromatic carbocycles. The fourth-order valence-electron chi connectivity index (χ4n) is 1.20. The summed E-state index contributed by atoms with van der Waals surface area (Å²) in [5.74, 6) is -1.89. The first-order valence-corrected chi connectivity index (χ1v) is 5.35. The van der Waals surface area contributed by atoms with Gasteiger partial charge in [0, 0.05) is 5.02 Å². The van der Waals surface area contributed by atoms with Crippen LogP contribution < -0.4 is 0 Å². The molecule has 0 unspecified atom stereocenters. The number of hydrogen-bond donors (Lipinski definition) is 1. The van der Waals surface area contributed by atoms with E-state index in [-0.39, 0.29) is 16.1 Å². The zero-order chi connectivity index (χ0) is 13.2. The monoisotopic (exact) mass is 256 g/mol. The molecule has 0 aliphatic carbocycles. The van der Waals surface area contributed by atoms with Gasteiger partial charge in [0.05, 0.1) is 11.1 Å². The fourth-order valence-corrected chi connectivity index (χ4v) is 1.38. The highest BCUT2D eigenvalue weighted by molar-refractivity contribution is 6.31. The van der Waals surface area contributed by atoms with E-state index in [1.807, 2.05) is 0 Å². The zero-order valence-corrected chi connectivity index (χ0v) is 10.5. The molecule has 1 aromatic rings. The van der Waals surface area contributed by atoms with Gasteiger partial charge in [0.1, 0.15) is 5.60 Å². The van der Waals surface area contributed by atoms with Crippen molar-refractivity contribution >= 4 is 23.5 Å². The third-order valence-electron chi connectivity index (χ3n) is 1.83. The predicted molar refractivity (Wildman–Crippen MR) is 63.6 cm³/mol. The fraction of sp³-hybridized carbons (Fsp3) is 0.333. The summed E-state index contributed by atoms with van der Waals surface area (Å²) in [6, 6.07) is 4.02. The second-order valence-corrected chi connectivity index (χ2v) is 4.93.